The van der Waals surface area contributed by atoms with Crippen LogP contribution in [0.2, 0.25) is 0 Å². The number of nitro benzene ring substituents is 1. The molecule has 0 aliphatic heterocycles. The molecule has 118 valence electrons. The number of benzene rings is 1. The van der Waals surface area contributed by atoms with E-state index in [2.05, 4.69) is 5.32 Å². The summed E-state index contributed by atoms with van der Waals surface area (Å²) >= 11 is 0. The van der Waals surface area contributed by atoms with Gasteiger partial charge in [-0.3, -0.25) is 10.1 Å². The van der Waals surface area contributed by atoms with Gasteiger partial charge in [0, 0.05) is 18.2 Å². The molecule has 0 heterocycles. The number of methoxy groups -OCH3 is 1. The fourth-order valence-electron chi connectivity index (χ4n) is 1.56. The summed E-state index contributed by atoms with van der Waals surface area (Å²) in [5.41, 5.74) is -0.197. The van der Waals surface area contributed by atoms with Crippen LogP contribution in [0.5, 0.6) is 11.5 Å². The highest BCUT2D eigenvalue weighted by Crippen LogP contribution is 2.31. The van der Waals surface area contributed by atoms with Gasteiger partial charge < -0.3 is 19.9 Å². The summed E-state index contributed by atoms with van der Waals surface area (Å²) in [6.45, 7) is 6.35. The Labute approximate surface area is 124 Å². The second-order valence-electron chi connectivity index (χ2n) is 5.69. The van der Waals surface area contributed by atoms with Crippen molar-refractivity contribution >= 4 is 5.69 Å². The zero-order valence-electron chi connectivity index (χ0n) is 12.8. The van der Waals surface area contributed by atoms with Gasteiger partial charge in [-0.2, -0.15) is 0 Å². The first-order valence-corrected chi connectivity index (χ1v) is 6.61. The molecule has 1 rings (SSSR count). The van der Waals surface area contributed by atoms with Crippen molar-refractivity contribution in [3.05, 3.63) is 28.3 Å². The average molecular weight is 298 g/mol. The van der Waals surface area contributed by atoms with Crippen LogP contribution in [0.4, 0.5) is 5.69 Å². The summed E-state index contributed by atoms with van der Waals surface area (Å²) < 4.78 is 10.5. The number of non-ortho nitro benzene ring substituents is 1. The van der Waals surface area contributed by atoms with Crippen LogP contribution in [0.15, 0.2) is 18.2 Å². The Morgan fingerprint density at radius 1 is 1.38 bits per heavy atom. The second-order valence-corrected chi connectivity index (χ2v) is 5.69. The topological polar surface area (TPSA) is 93.9 Å². The molecule has 1 aromatic carbocycles. The van der Waals surface area contributed by atoms with Gasteiger partial charge in [0.05, 0.1) is 18.1 Å². The molecular formula is C14H22N2O5. The maximum Gasteiger partial charge on any atom is 0.273 e. The molecule has 2 N–H and O–H groups in total. The van der Waals surface area contributed by atoms with E-state index >= 15 is 0 Å². The molecule has 1 aromatic rings. The first-order chi connectivity index (χ1) is 9.73. The lowest BCUT2D eigenvalue weighted by Gasteiger charge is -2.23. The first-order valence-electron chi connectivity index (χ1n) is 6.61. The Balaban J connectivity index is 2.65. The molecule has 0 bridgehead atoms. The zero-order valence-corrected chi connectivity index (χ0v) is 12.8. The van der Waals surface area contributed by atoms with E-state index in [1.807, 2.05) is 20.8 Å². The number of aliphatic hydroxyl groups is 1. The summed E-state index contributed by atoms with van der Waals surface area (Å²) in [6, 6.07) is 4.08. The third-order valence-electron chi connectivity index (χ3n) is 2.66. The van der Waals surface area contributed by atoms with E-state index in [1.165, 1.54) is 25.3 Å². The van der Waals surface area contributed by atoms with E-state index in [1.54, 1.807) is 0 Å². The number of hydrogen-bond acceptors (Lipinski definition) is 6. The quantitative estimate of drug-likeness (QED) is 0.588. The van der Waals surface area contributed by atoms with Gasteiger partial charge in [0.2, 0.25) is 0 Å². The van der Waals surface area contributed by atoms with Crippen molar-refractivity contribution < 1.29 is 19.5 Å². The number of ether oxygens (including phenoxy) is 2. The van der Waals surface area contributed by atoms with Crippen LogP contribution in [0, 0.1) is 10.1 Å². The summed E-state index contributed by atoms with van der Waals surface area (Å²) in [5, 5.41) is 23.8. The molecule has 0 aromatic heterocycles. The molecule has 0 aliphatic carbocycles. The number of hydrogen-bond donors (Lipinski definition) is 2. The molecular weight excluding hydrogens is 276 g/mol. The van der Waals surface area contributed by atoms with Crippen LogP contribution < -0.4 is 14.8 Å². The van der Waals surface area contributed by atoms with Gasteiger partial charge in [0.15, 0.2) is 11.5 Å². The number of nitrogens with zero attached hydrogens (tertiary/aromatic N) is 1. The molecule has 0 saturated heterocycles. The molecule has 0 aliphatic rings. The number of aliphatic hydroxyl groups excluding tert-OH is 1. The largest absolute Gasteiger partial charge is 0.493 e. The summed E-state index contributed by atoms with van der Waals surface area (Å²) in [7, 11) is 1.45. The molecule has 0 amide bonds. The van der Waals surface area contributed by atoms with Crippen LogP contribution in [0.1, 0.15) is 20.8 Å². The van der Waals surface area contributed by atoms with Crippen LogP contribution in [0.25, 0.3) is 0 Å². The Hall–Kier alpha value is -1.86. The van der Waals surface area contributed by atoms with E-state index in [0.717, 1.165) is 0 Å². The molecule has 21 heavy (non-hydrogen) atoms. The van der Waals surface area contributed by atoms with Crippen LogP contribution in [-0.2, 0) is 0 Å². The van der Waals surface area contributed by atoms with Crippen molar-refractivity contribution in [2.75, 3.05) is 20.3 Å². The predicted molar refractivity (Wildman–Crippen MR) is 78.9 cm³/mol. The first kappa shape index (κ1) is 17.2. The van der Waals surface area contributed by atoms with E-state index in [9.17, 15) is 15.2 Å². The molecule has 1 unspecified atom stereocenters. The highest BCUT2D eigenvalue weighted by molar-refractivity contribution is 5.48. The molecule has 0 radical (unpaired) electrons. The minimum atomic E-state index is -0.729. The zero-order chi connectivity index (χ0) is 16.0. The maximum atomic E-state index is 10.8. The third-order valence-corrected chi connectivity index (χ3v) is 2.66. The van der Waals surface area contributed by atoms with Crippen molar-refractivity contribution in [1.29, 1.82) is 0 Å². The third kappa shape index (κ3) is 5.97. The van der Waals surface area contributed by atoms with E-state index in [0.29, 0.717) is 12.3 Å². The van der Waals surface area contributed by atoms with Gasteiger partial charge in [-0.1, -0.05) is 0 Å². The number of nitro groups is 1. The summed E-state index contributed by atoms with van der Waals surface area (Å²) in [6.07, 6.45) is -0.729. The molecule has 1 atom stereocenters. The Bertz CT molecular complexity index is 485. The molecule has 0 saturated carbocycles. The minimum absolute atomic E-state index is 0.0145. The fraction of sp³-hybridized carbons (Fsp3) is 0.571. The Kier molecular flexibility index (Phi) is 5.92. The molecule has 0 spiro atoms. The maximum absolute atomic E-state index is 10.8. The summed E-state index contributed by atoms with van der Waals surface area (Å²) in [4.78, 5) is 10.2. The lowest BCUT2D eigenvalue weighted by Crippen LogP contribution is -2.42. The second kappa shape index (κ2) is 7.24. The van der Waals surface area contributed by atoms with E-state index in [-0.39, 0.29) is 23.6 Å². The van der Waals surface area contributed by atoms with Gasteiger partial charge in [-0.15, -0.1) is 0 Å². The van der Waals surface area contributed by atoms with Gasteiger partial charge in [-0.05, 0) is 26.8 Å². The SMILES string of the molecule is COc1ccc([N+](=O)[O-])cc1OCC(O)CNC(C)(C)C. The van der Waals surface area contributed by atoms with Crippen molar-refractivity contribution in [2.45, 2.75) is 32.4 Å². The smallest absolute Gasteiger partial charge is 0.273 e. The van der Waals surface area contributed by atoms with Gasteiger partial charge in [-0.25, -0.2) is 0 Å². The van der Waals surface area contributed by atoms with Crippen molar-refractivity contribution in [2.24, 2.45) is 0 Å². The highest BCUT2D eigenvalue weighted by atomic mass is 16.6. The fourth-order valence-corrected chi connectivity index (χ4v) is 1.56. The standard InChI is InChI=1S/C14H22N2O5/c1-14(2,3)15-8-11(17)9-21-13-7-10(16(18)19)5-6-12(13)20-4/h5-7,11,15,17H,8-9H2,1-4H3. The normalized spacial score (nSPS) is 12.8. The number of rotatable bonds is 7. The average Bonchev–Trinajstić information content (AvgIpc) is 2.41. The lowest BCUT2D eigenvalue weighted by atomic mass is 10.1. The van der Waals surface area contributed by atoms with Crippen LogP contribution in [0.3, 0.4) is 0 Å². The Morgan fingerprint density at radius 3 is 2.57 bits per heavy atom. The Morgan fingerprint density at radius 2 is 2.05 bits per heavy atom. The number of nitrogens with one attached hydrogen (secondary N) is 1. The predicted octanol–water partition coefficient (Wildman–Crippen LogP) is 1.73. The molecule has 0 fully saturated rings. The summed E-state index contributed by atoms with van der Waals surface area (Å²) in [5.74, 6) is 0.623. The lowest BCUT2D eigenvalue weighted by molar-refractivity contribution is -0.385. The molecule has 7 heteroatoms. The van der Waals surface area contributed by atoms with Gasteiger partial charge in [0.25, 0.3) is 5.69 Å². The van der Waals surface area contributed by atoms with Gasteiger partial charge >= 0.3 is 0 Å². The van der Waals surface area contributed by atoms with E-state index in [4.69, 9.17) is 9.47 Å². The van der Waals surface area contributed by atoms with Crippen molar-refractivity contribution in [3.8, 4) is 11.5 Å². The van der Waals surface area contributed by atoms with Gasteiger partial charge in [0.1, 0.15) is 12.7 Å². The van der Waals surface area contributed by atoms with Crippen LogP contribution >= 0.6 is 0 Å². The van der Waals surface area contributed by atoms with E-state index < -0.39 is 11.0 Å². The highest BCUT2D eigenvalue weighted by Gasteiger charge is 2.16. The van der Waals surface area contributed by atoms with Crippen molar-refractivity contribution in [3.63, 3.8) is 0 Å². The minimum Gasteiger partial charge on any atom is -0.493 e. The molecule has 7 nitrogen and oxygen atoms in total. The number of β-amino-alcohol motifs (C(OH)–C–C–N with tert-alkyl or cyclic N) is 1. The van der Waals surface area contributed by atoms with Crippen LogP contribution in [-0.4, -0.2) is 41.9 Å². The monoisotopic (exact) mass is 298 g/mol. The van der Waals surface area contributed by atoms with Crippen molar-refractivity contribution in [1.82, 2.24) is 5.32 Å².